The molecule has 1 atom stereocenters. The normalized spacial score (nSPS) is 15.3. The first-order valence-corrected chi connectivity index (χ1v) is 10.3. The average Bonchev–Trinajstić information content (AvgIpc) is 2.97. The minimum absolute atomic E-state index is 0.112. The van der Waals surface area contributed by atoms with E-state index in [0.717, 1.165) is 35.6 Å². The van der Waals surface area contributed by atoms with Crippen molar-refractivity contribution in [1.82, 2.24) is 5.32 Å². The SMILES string of the molecule is Cc1cccc([C@H](CC(=O)Nc2ccccc2N2CCCCCC2)NC(N)=O)c1. The molecule has 1 saturated heterocycles. The highest BCUT2D eigenvalue weighted by atomic mass is 16.2. The van der Waals surface area contributed by atoms with E-state index in [1.807, 2.05) is 49.4 Å². The van der Waals surface area contributed by atoms with Crippen molar-refractivity contribution in [1.29, 1.82) is 0 Å². The zero-order valence-electron chi connectivity index (χ0n) is 17.0. The minimum Gasteiger partial charge on any atom is -0.370 e. The van der Waals surface area contributed by atoms with Crippen LogP contribution in [0, 0.1) is 6.92 Å². The summed E-state index contributed by atoms with van der Waals surface area (Å²) >= 11 is 0. The van der Waals surface area contributed by atoms with Gasteiger partial charge in [0, 0.05) is 13.1 Å². The van der Waals surface area contributed by atoms with Crippen molar-refractivity contribution in [3.05, 3.63) is 59.7 Å². The summed E-state index contributed by atoms with van der Waals surface area (Å²) in [6, 6.07) is 14.5. The quantitative estimate of drug-likeness (QED) is 0.689. The molecule has 6 nitrogen and oxygen atoms in total. The van der Waals surface area contributed by atoms with Gasteiger partial charge in [0.25, 0.3) is 0 Å². The number of nitrogens with two attached hydrogens (primary N) is 1. The van der Waals surface area contributed by atoms with Crippen LogP contribution in [0.1, 0.15) is 49.3 Å². The molecule has 0 aromatic heterocycles. The van der Waals surface area contributed by atoms with Crippen molar-refractivity contribution in [2.75, 3.05) is 23.3 Å². The van der Waals surface area contributed by atoms with Crippen LogP contribution >= 0.6 is 0 Å². The first kappa shape index (κ1) is 20.7. The van der Waals surface area contributed by atoms with E-state index in [1.165, 1.54) is 25.7 Å². The summed E-state index contributed by atoms with van der Waals surface area (Å²) in [4.78, 5) is 26.7. The van der Waals surface area contributed by atoms with Crippen LogP contribution in [0.2, 0.25) is 0 Å². The van der Waals surface area contributed by atoms with Gasteiger partial charge in [0.2, 0.25) is 5.91 Å². The molecule has 3 rings (SSSR count). The number of benzene rings is 2. The van der Waals surface area contributed by atoms with Gasteiger partial charge < -0.3 is 21.3 Å². The van der Waals surface area contributed by atoms with Crippen LogP contribution in [0.15, 0.2) is 48.5 Å². The summed E-state index contributed by atoms with van der Waals surface area (Å²) in [5.41, 5.74) is 9.13. The first-order chi connectivity index (χ1) is 14.0. The number of nitrogens with zero attached hydrogens (tertiary/aromatic N) is 1. The molecular formula is C23H30N4O2. The lowest BCUT2D eigenvalue weighted by atomic mass is 10.0. The smallest absolute Gasteiger partial charge is 0.312 e. The third-order valence-electron chi connectivity index (χ3n) is 5.28. The molecule has 2 aromatic carbocycles. The van der Waals surface area contributed by atoms with Gasteiger partial charge in [-0.1, -0.05) is 54.8 Å². The van der Waals surface area contributed by atoms with Crippen molar-refractivity contribution in [2.45, 2.75) is 45.1 Å². The molecule has 0 aliphatic carbocycles. The molecule has 6 heteroatoms. The summed E-state index contributed by atoms with van der Waals surface area (Å²) in [7, 11) is 0. The number of carbonyl (C=O) groups is 2. The van der Waals surface area contributed by atoms with E-state index in [4.69, 9.17) is 5.73 Å². The molecule has 4 N–H and O–H groups in total. The molecule has 1 aliphatic heterocycles. The number of anilines is 2. The highest BCUT2D eigenvalue weighted by Crippen LogP contribution is 2.28. The second-order valence-corrected chi connectivity index (χ2v) is 7.65. The number of carbonyl (C=O) groups excluding carboxylic acids is 2. The van der Waals surface area contributed by atoms with E-state index < -0.39 is 12.1 Å². The van der Waals surface area contributed by atoms with Gasteiger partial charge in [0.1, 0.15) is 0 Å². The van der Waals surface area contributed by atoms with Gasteiger partial charge >= 0.3 is 6.03 Å². The molecular weight excluding hydrogens is 364 g/mol. The van der Waals surface area contributed by atoms with Gasteiger partial charge in [-0.25, -0.2) is 4.79 Å². The van der Waals surface area contributed by atoms with E-state index in [-0.39, 0.29) is 12.3 Å². The van der Waals surface area contributed by atoms with Crippen molar-refractivity contribution in [3.63, 3.8) is 0 Å². The lowest BCUT2D eigenvalue weighted by molar-refractivity contribution is -0.116. The highest BCUT2D eigenvalue weighted by Gasteiger charge is 2.20. The number of aryl methyl sites for hydroxylation is 1. The Hall–Kier alpha value is -3.02. The minimum atomic E-state index is -0.644. The van der Waals surface area contributed by atoms with E-state index in [9.17, 15) is 9.59 Å². The highest BCUT2D eigenvalue weighted by molar-refractivity contribution is 5.95. The summed E-state index contributed by atoms with van der Waals surface area (Å²) in [5.74, 6) is -0.160. The molecule has 154 valence electrons. The molecule has 0 spiro atoms. The second kappa shape index (κ2) is 9.96. The Kier molecular flexibility index (Phi) is 7.11. The van der Waals surface area contributed by atoms with E-state index >= 15 is 0 Å². The summed E-state index contributed by atoms with van der Waals surface area (Å²) in [6.07, 6.45) is 4.95. The van der Waals surface area contributed by atoms with Gasteiger partial charge in [-0.3, -0.25) is 4.79 Å². The number of primary amides is 1. The molecule has 0 saturated carbocycles. The first-order valence-electron chi connectivity index (χ1n) is 10.3. The van der Waals surface area contributed by atoms with E-state index in [2.05, 4.69) is 21.6 Å². The Morgan fingerprint density at radius 2 is 1.76 bits per heavy atom. The van der Waals surface area contributed by atoms with Crippen LogP contribution in [0.3, 0.4) is 0 Å². The number of hydrogen-bond donors (Lipinski definition) is 3. The fraction of sp³-hybridized carbons (Fsp3) is 0.391. The fourth-order valence-electron chi connectivity index (χ4n) is 3.86. The zero-order chi connectivity index (χ0) is 20.6. The molecule has 0 bridgehead atoms. The Morgan fingerprint density at radius 1 is 1.03 bits per heavy atom. The van der Waals surface area contributed by atoms with Crippen molar-refractivity contribution >= 4 is 23.3 Å². The molecule has 2 aromatic rings. The van der Waals surface area contributed by atoms with Crippen LogP contribution in [0.25, 0.3) is 0 Å². The molecule has 29 heavy (non-hydrogen) atoms. The van der Waals surface area contributed by atoms with Gasteiger partial charge in [-0.15, -0.1) is 0 Å². The Balaban J connectivity index is 1.74. The van der Waals surface area contributed by atoms with Gasteiger partial charge in [-0.2, -0.15) is 0 Å². The van der Waals surface area contributed by atoms with Crippen LogP contribution in [-0.4, -0.2) is 25.0 Å². The van der Waals surface area contributed by atoms with Crippen molar-refractivity contribution in [2.24, 2.45) is 5.73 Å². The average molecular weight is 395 g/mol. The number of amides is 3. The van der Waals surface area contributed by atoms with E-state index in [0.29, 0.717) is 0 Å². The predicted octanol–water partition coefficient (Wildman–Crippen LogP) is 4.11. The summed E-state index contributed by atoms with van der Waals surface area (Å²) in [5, 5.41) is 5.74. The van der Waals surface area contributed by atoms with Crippen LogP contribution in [-0.2, 0) is 4.79 Å². The second-order valence-electron chi connectivity index (χ2n) is 7.65. The third kappa shape index (κ3) is 5.98. The summed E-state index contributed by atoms with van der Waals surface area (Å²) < 4.78 is 0. The van der Waals surface area contributed by atoms with Gasteiger partial charge in [-0.05, 0) is 37.5 Å². The maximum absolute atomic E-state index is 12.8. The standard InChI is InChI=1S/C23H30N4O2/c1-17-9-8-10-18(15-17)20(26-23(24)29)16-22(28)25-19-11-4-5-12-21(19)27-13-6-2-3-7-14-27/h4-5,8-12,15,20H,2-3,6-7,13-14,16H2,1H3,(H,25,28)(H3,24,26,29)/t20-/m0/s1. The largest absolute Gasteiger partial charge is 0.370 e. The molecule has 1 aliphatic rings. The number of rotatable bonds is 6. The maximum atomic E-state index is 12.8. The molecule has 0 unspecified atom stereocenters. The third-order valence-corrected chi connectivity index (χ3v) is 5.28. The van der Waals surface area contributed by atoms with Crippen LogP contribution in [0.4, 0.5) is 16.2 Å². The monoisotopic (exact) mass is 394 g/mol. The number of nitrogens with one attached hydrogen (secondary N) is 2. The van der Waals surface area contributed by atoms with Crippen LogP contribution < -0.4 is 21.3 Å². The Labute approximate surface area is 172 Å². The van der Waals surface area contributed by atoms with Crippen molar-refractivity contribution < 1.29 is 9.59 Å². The fourth-order valence-corrected chi connectivity index (χ4v) is 3.86. The molecule has 1 heterocycles. The molecule has 3 amide bonds. The lowest BCUT2D eigenvalue weighted by Gasteiger charge is -2.26. The Bertz CT molecular complexity index is 844. The van der Waals surface area contributed by atoms with Crippen LogP contribution in [0.5, 0.6) is 0 Å². The Morgan fingerprint density at radius 3 is 2.45 bits per heavy atom. The predicted molar refractivity (Wildman–Crippen MR) is 117 cm³/mol. The number of para-hydroxylation sites is 2. The molecule has 0 radical (unpaired) electrons. The number of urea groups is 1. The summed E-state index contributed by atoms with van der Waals surface area (Å²) in [6.45, 7) is 3.98. The number of hydrogen-bond acceptors (Lipinski definition) is 3. The van der Waals surface area contributed by atoms with Gasteiger partial charge in [0.15, 0.2) is 0 Å². The lowest BCUT2D eigenvalue weighted by Crippen LogP contribution is -2.35. The van der Waals surface area contributed by atoms with Crippen molar-refractivity contribution in [3.8, 4) is 0 Å². The topological polar surface area (TPSA) is 87.5 Å². The zero-order valence-corrected chi connectivity index (χ0v) is 17.0. The maximum Gasteiger partial charge on any atom is 0.312 e. The van der Waals surface area contributed by atoms with Gasteiger partial charge in [0.05, 0.1) is 23.8 Å². The van der Waals surface area contributed by atoms with E-state index in [1.54, 1.807) is 0 Å². The molecule has 1 fully saturated rings.